The van der Waals surface area contributed by atoms with Gasteiger partial charge in [0.25, 0.3) is 0 Å². The molecule has 1 atom stereocenters. The molecule has 0 radical (unpaired) electrons. The number of benzene rings is 3. The SMILES string of the molecule is CCCNC(=O)C(Cc1ccccc1)N(Cc1ccc(Cl)c(Cl)c1)C(=O)CCc1ccc2c(c1)OCCO2. The summed E-state index contributed by atoms with van der Waals surface area (Å²) in [5.74, 6) is 1.10. The summed E-state index contributed by atoms with van der Waals surface area (Å²) in [7, 11) is 0. The van der Waals surface area contributed by atoms with Crippen molar-refractivity contribution in [3.05, 3.63) is 93.5 Å². The van der Waals surface area contributed by atoms with Crippen molar-refractivity contribution < 1.29 is 19.1 Å². The normalized spacial score (nSPS) is 13.0. The van der Waals surface area contributed by atoms with E-state index in [1.807, 2.05) is 61.5 Å². The lowest BCUT2D eigenvalue weighted by atomic mass is 10.0. The molecule has 0 saturated heterocycles. The highest BCUT2D eigenvalue weighted by molar-refractivity contribution is 6.42. The first-order valence-corrected chi connectivity index (χ1v) is 13.6. The summed E-state index contributed by atoms with van der Waals surface area (Å²) >= 11 is 12.4. The second-order valence-corrected chi connectivity index (χ2v) is 10.1. The predicted molar refractivity (Wildman–Crippen MR) is 150 cm³/mol. The van der Waals surface area contributed by atoms with Crippen LogP contribution in [0.25, 0.3) is 0 Å². The third-order valence-electron chi connectivity index (χ3n) is 6.39. The largest absolute Gasteiger partial charge is 0.486 e. The average Bonchev–Trinajstić information content (AvgIpc) is 2.94. The lowest BCUT2D eigenvalue weighted by molar-refractivity contribution is -0.141. The van der Waals surface area contributed by atoms with Gasteiger partial charge in [-0.05, 0) is 53.8 Å². The number of halogens is 2. The molecule has 0 aromatic heterocycles. The fraction of sp³-hybridized carbons (Fsp3) is 0.333. The van der Waals surface area contributed by atoms with Crippen molar-refractivity contribution in [2.45, 2.75) is 45.2 Å². The molecule has 3 aromatic rings. The van der Waals surface area contributed by atoms with Crippen LogP contribution in [0.3, 0.4) is 0 Å². The molecule has 1 aliphatic rings. The van der Waals surface area contributed by atoms with E-state index in [-0.39, 0.29) is 24.8 Å². The zero-order valence-corrected chi connectivity index (χ0v) is 22.9. The van der Waals surface area contributed by atoms with E-state index in [1.54, 1.807) is 17.0 Å². The third-order valence-corrected chi connectivity index (χ3v) is 7.13. The molecule has 3 aromatic carbocycles. The summed E-state index contributed by atoms with van der Waals surface area (Å²) in [6.07, 6.45) is 1.93. The van der Waals surface area contributed by atoms with Crippen LogP contribution in [0.1, 0.15) is 36.5 Å². The van der Waals surface area contributed by atoms with Crippen molar-refractivity contribution >= 4 is 35.0 Å². The Morgan fingerprint density at radius 1 is 0.895 bits per heavy atom. The fourth-order valence-electron chi connectivity index (χ4n) is 4.39. The van der Waals surface area contributed by atoms with Gasteiger partial charge in [-0.25, -0.2) is 0 Å². The van der Waals surface area contributed by atoms with Crippen LogP contribution in [-0.4, -0.2) is 42.5 Å². The minimum atomic E-state index is -0.689. The smallest absolute Gasteiger partial charge is 0.243 e. The first-order valence-electron chi connectivity index (χ1n) is 12.9. The van der Waals surface area contributed by atoms with Gasteiger partial charge in [0.05, 0.1) is 10.0 Å². The Hall–Kier alpha value is -3.22. The van der Waals surface area contributed by atoms with Gasteiger partial charge in [0.1, 0.15) is 19.3 Å². The number of carbonyl (C=O) groups is 2. The molecule has 1 unspecified atom stereocenters. The molecule has 1 N–H and O–H groups in total. The maximum atomic E-state index is 13.8. The minimum Gasteiger partial charge on any atom is -0.486 e. The Labute approximate surface area is 233 Å². The summed E-state index contributed by atoms with van der Waals surface area (Å²) < 4.78 is 11.3. The molecule has 1 aliphatic heterocycles. The molecular formula is C30H32Cl2N2O4. The topological polar surface area (TPSA) is 67.9 Å². The Bertz CT molecular complexity index is 1250. The number of carbonyl (C=O) groups excluding carboxylic acids is 2. The monoisotopic (exact) mass is 554 g/mol. The third kappa shape index (κ3) is 7.42. The average molecular weight is 556 g/mol. The molecule has 38 heavy (non-hydrogen) atoms. The molecule has 4 rings (SSSR count). The number of ether oxygens (including phenoxy) is 2. The highest BCUT2D eigenvalue weighted by Crippen LogP contribution is 2.31. The van der Waals surface area contributed by atoms with E-state index in [2.05, 4.69) is 5.32 Å². The zero-order chi connectivity index (χ0) is 26.9. The second-order valence-electron chi connectivity index (χ2n) is 9.24. The van der Waals surface area contributed by atoms with Gasteiger partial charge < -0.3 is 19.7 Å². The number of fused-ring (bicyclic) bond motifs is 1. The van der Waals surface area contributed by atoms with Crippen LogP contribution in [0, 0.1) is 0 Å². The number of amides is 2. The predicted octanol–water partition coefficient (Wildman–Crippen LogP) is 5.86. The maximum absolute atomic E-state index is 13.8. The van der Waals surface area contributed by atoms with Crippen molar-refractivity contribution in [1.82, 2.24) is 10.2 Å². The second kappa shape index (κ2) is 13.5. The van der Waals surface area contributed by atoms with Gasteiger partial charge in [0.2, 0.25) is 11.8 Å². The van der Waals surface area contributed by atoms with Gasteiger partial charge in [-0.3, -0.25) is 9.59 Å². The molecule has 200 valence electrons. The van der Waals surface area contributed by atoms with E-state index < -0.39 is 6.04 Å². The lowest BCUT2D eigenvalue weighted by Gasteiger charge is -2.32. The van der Waals surface area contributed by atoms with Gasteiger partial charge in [0.15, 0.2) is 11.5 Å². The zero-order valence-electron chi connectivity index (χ0n) is 21.4. The molecule has 6 nitrogen and oxygen atoms in total. The van der Waals surface area contributed by atoms with Gasteiger partial charge in [-0.2, -0.15) is 0 Å². The van der Waals surface area contributed by atoms with Crippen LogP contribution in [0.15, 0.2) is 66.7 Å². The van der Waals surface area contributed by atoms with Crippen LogP contribution < -0.4 is 14.8 Å². The van der Waals surface area contributed by atoms with Crippen molar-refractivity contribution in [3.8, 4) is 11.5 Å². The molecule has 0 aliphatic carbocycles. The summed E-state index contributed by atoms with van der Waals surface area (Å²) in [5, 5.41) is 3.84. The number of hydrogen-bond donors (Lipinski definition) is 1. The van der Waals surface area contributed by atoms with Gasteiger partial charge in [-0.15, -0.1) is 0 Å². The summed E-state index contributed by atoms with van der Waals surface area (Å²) in [4.78, 5) is 28.9. The Balaban J connectivity index is 1.59. The van der Waals surface area contributed by atoms with Crippen LogP contribution in [-0.2, 0) is 29.0 Å². The van der Waals surface area contributed by atoms with Crippen molar-refractivity contribution in [2.75, 3.05) is 19.8 Å². The van der Waals surface area contributed by atoms with E-state index in [0.29, 0.717) is 54.1 Å². The molecular weight excluding hydrogens is 523 g/mol. The number of rotatable bonds is 11. The van der Waals surface area contributed by atoms with E-state index in [0.717, 1.165) is 23.1 Å². The van der Waals surface area contributed by atoms with Crippen LogP contribution >= 0.6 is 23.2 Å². The Kier molecular flexibility index (Phi) is 9.91. The fourth-order valence-corrected chi connectivity index (χ4v) is 4.71. The van der Waals surface area contributed by atoms with E-state index in [9.17, 15) is 9.59 Å². The van der Waals surface area contributed by atoms with E-state index in [1.165, 1.54) is 0 Å². The van der Waals surface area contributed by atoms with Gasteiger partial charge in [-0.1, -0.05) is 72.6 Å². The van der Waals surface area contributed by atoms with Crippen molar-refractivity contribution in [2.24, 2.45) is 0 Å². The summed E-state index contributed by atoms with van der Waals surface area (Å²) in [6, 6.07) is 20.1. The van der Waals surface area contributed by atoms with Gasteiger partial charge in [0, 0.05) is 25.9 Å². The van der Waals surface area contributed by atoms with E-state index in [4.69, 9.17) is 32.7 Å². The van der Waals surface area contributed by atoms with Crippen LogP contribution in [0.4, 0.5) is 0 Å². The molecule has 8 heteroatoms. The molecule has 0 saturated carbocycles. The van der Waals surface area contributed by atoms with Crippen LogP contribution in [0.5, 0.6) is 11.5 Å². The highest BCUT2D eigenvalue weighted by Gasteiger charge is 2.30. The number of aryl methyl sites for hydroxylation is 1. The van der Waals surface area contributed by atoms with Crippen LogP contribution in [0.2, 0.25) is 10.0 Å². The maximum Gasteiger partial charge on any atom is 0.243 e. The first kappa shape index (κ1) is 27.8. The van der Waals surface area contributed by atoms with Crippen molar-refractivity contribution in [1.29, 1.82) is 0 Å². The molecule has 2 amide bonds. The Morgan fingerprint density at radius 3 is 2.37 bits per heavy atom. The summed E-state index contributed by atoms with van der Waals surface area (Å²) in [5.41, 5.74) is 2.74. The van der Waals surface area contributed by atoms with Crippen molar-refractivity contribution in [3.63, 3.8) is 0 Å². The quantitative estimate of drug-likeness (QED) is 0.322. The van der Waals surface area contributed by atoms with E-state index >= 15 is 0 Å². The minimum absolute atomic E-state index is 0.126. The summed E-state index contributed by atoms with van der Waals surface area (Å²) in [6.45, 7) is 3.79. The number of nitrogens with one attached hydrogen (secondary N) is 1. The molecule has 1 heterocycles. The Morgan fingerprint density at radius 2 is 1.63 bits per heavy atom. The van der Waals surface area contributed by atoms with Gasteiger partial charge >= 0.3 is 0 Å². The molecule has 0 fully saturated rings. The highest BCUT2D eigenvalue weighted by atomic mass is 35.5. The first-order chi connectivity index (χ1) is 18.4. The number of nitrogens with zero attached hydrogens (tertiary/aromatic N) is 1. The molecule has 0 bridgehead atoms. The number of hydrogen-bond acceptors (Lipinski definition) is 4. The lowest BCUT2D eigenvalue weighted by Crippen LogP contribution is -2.50. The standard InChI is InChI=1S/C30H32Cl2N2O4/c1-2-14-33-30(36)26(18-21-6-4-3-5-7-21)34(20-23-8-11-24(31)25(32)17-23)29(35)13-10-22-9-12-27-28(19-22)38-16-15-37-27/h3-9,11-12,17,19,26H,2,10,13-16,18,20H2,1H3,(H,33,36). The molecule has 0 spiro atoms.